The van der Waals surface area contributed by atoms with E-state index >= 15 is 0 Å². The number of halogens is 3. The molecule has 2 aromatic rings. The summed E-state index contributed by atoms with van der Waals surface area (Å²) in [5.41, 5.74) is 1.53. The number of pyridine rings is 1. The molecule has 1 unspecified atom stereocenters. The molecule has 1 atom stereocenters. The minimum atomic E-state index is -4.47. The number of hydrogen-bond donors (Lipinski definition) is 1. The van der Waals surface area contributed by atoms with E-state index in [2.05, 4.69) is 15.0 Å². The summed E-state index contributed by atoms with van der Waals surface area (Å²) in [7, 11) is 1.31. The lowest BCUT2D eigenvalue weighted by Crippen LogP contribution is -2.27. The van der Waals surface area contributed by atoms with Crippen LogP contribution in [0.15, 0.2) is 36.5 Å². The molecule has 0 aliphatic rings. The Morgan fingerprint density at radius 3 is 2.45 bits per heavy atom. The quantitative estimate of drug-likeness (QED) is 0.632. The molecule has 1 aromatic heterocycles. The van der Waals surface area contributed by atoms with Gasteiger partial charge in [0.15, 0.2) is 6.61 Å². The zero-order valence-electron chi connectivity index (χ0n) is 17.7. The first-order valence-corrected chi connectivity index (χ1v) is 9.66. The Morgan fingerprint density at radius 1 is 1.13 bits per heavy atom. The van der Waals surface area contributed by atoms with Crippen LogP contribution in [0.1, 0.15) is 48.4 Å². The van der Waals surface area contributed by atoms with E-state index in [1.54, 1.807) is 25.3 Å². The van der Waals surface area contributed by atoms with Crippen LogP contribution in [0.2, 0.25) is 0 Å². The van der Waals surface area contributed by atoms with Crippen molar-refractivity contribution in [1.29, 1.82) is 0 Å². The first-order chi connectivity index (χ1) is 14.5. The van der Waals surface area contributed by atoms with E-state index in [1.807, 2.05) is 13.8 Å². The Bertz CT molecular complexity index is 929. The van der Waals surface area contributed by atoms with Gasteiger partial charge in [-0.3, -0.25) is 14.6 Å². The molecule has 0 aliphatic carbocycles. The Morgan fingerprint density at radius 2 is 1.84 bits per heavy atom. The van der Waals surface area contributed by atoms with E-state index in [4.69, 9.17) is 4.74 Å². The number of aromatic nitrogens is 1. The normalized spacial score (nSPS) is 12.4. The molecule has 9 heteroatoms. The minimum Gasteiger partial charge on any atom is -0.496 e. The summed E-state index contributed by atoms with van der Waals surface area (Å²) >= 11 is 0. The number of ether oxygens (including phenoxy) is 2. The van der Waals surface area contributed by atoms with Gasteiger partial charge in [-0.1, -0.05) is 13.8 Å². The Hall–Kier alpha value is -3.10. The predicted molar refractivity (Wildman–Crippen MR) is 108 cm³/mol. The topological polar surface area (TPSA) is 77.5 Å². The van der Waals surface area contributed by atoms with Gasteiger partial charge in [-0.2, -0.15) is 13.2 Å². The van der Waals surface area contributed by atoms with Crippen LogP contribution < -0.4 is 14.8 Å². The van der Waals surface area contributed by atoms with E-state index in [0.717, 1.165) is 5.56 Å². The molecule has 6 nitrogen and oxygen atoms in total. The molecule has 0 bridgehead atoms. The third-order valence-electron chi connectivity index (χ3n) is 4.51. The molecule has 0 fully saturated rings. The van der Waals surface area contributed by atoms with Gasteiger partial charge in [-0.05, 0) is 36.8 Å². The lowest BCUT2D eigenvalue weighted by atomic mass is 10.0. The number of Topliss-reactive ketones (excluding diaryl/α,β-unsaturated/α-hetero) is 1. The molecule has 0 saturated carbocycles. The number of alkyl halides is 3. The minimum absolute atomic E-state index is 0.0626. The van der Waals surface area contributed by atoms with Gasteiger partial charge in [0, 0.05) is 30.3 Å². The fourth-order valence-corrected chi connectivity index (χ4v) is 2.72. The first-order valence-electron chi connectivity index (χ1n) is 9.66. The third kappa shape index (κ3) is 7.27. The average molecular weight is 438 g/mol. The molecule has 1 heterocycles. The van der Waals surface area contributed by atoms with Gasteiger partial charge in [0.25, 0.3) is 5.91 Å². The molecule has 31 heavy (non-hydrogen) atoms. The molecule has 0 spiro atoms. The summed E-state index contributed by atoms with van der Waals surface area (Å²) < 4.78 is 46.8. The Labute approximate surface area is 178 Å². The fourth-order valence-electron chi connectivity index (χ4n) is 2.72. The third-order valence-corrected chi connectivity index (χ3v) is 4.51. The van der Waals surface area contributed by atoms with Crippen molar-refractivity contribution in [2.24, 2.45) is 5.92 Å². The van der Waals surface area contributed by atoms with E-state index in [1.165, 1.54) is 25.3 Å². The van der Waals surface area contributed by atoms with Crippen LogP contribution in [0.25, 0.3) is 0 Å². The highest BCUT2D eigenvalue weighted by molar-refractivity contribution is 5.97. The molecule has 0 radical (unpaired) electrons. The van der Waals surface area contributed by atoms with Crippen molar-refractivity contribution in [3.8, 4) is 11.5 Å². The van der Waals surface area contributed by atoms with Crippen molar-refractivity contribution in [1.82, 2.24) is 10.3 Å². The first kappa shape index (κ1) is 24.2. The molecule has 168 valence electrons. The molecule has 1 aromatic carbocycles. The zero-order chi connectivity index (χ0) is 23.2. The highest BCUT2D eigenvalue weighted by Crippen LogP contribution is 2.27. The molecule has 0 saturated heterocycles. The summed E-state index contributed by atoms with van der Waals surface area (Å²) in [6.07, 6.45) is -2.68. The van der Waals surface area contributed by atoms with Crippen molar-refractivity contribution in [3.05, 3.63) is 53.3 Å². The van der Waals surface area contributed by atoms with Gasteiger partial charge in [-0.25, -0.2) is 0 Å². The summed E-state index contributed by atoms with van der Waals surface area (Å²) in [4.78, 5) is 28.9. The number of carbonyl (C=O) groups is 2. The molecule has 1 amide bonds. The zero-order valence-corrected chi connectivity index (χ0v) is 17.7. The van der Waals surface area contributed by atoms with Crippen LogP contribution in [0.3, 0.4) is 0 Å². The number of carbonyl (C=O) groups excluding carboxylic acids is 2. The standard InChI is InChI=1S/C22H25F3N2O4/c1-13(2)19(28)10-16-9-15(7-8-26-16)14(3)27-21(29)18-6-5-17(11-20(18)30-4)31-12-22(23,24)25/h5-9,11,13-14H,10,12H2,1-4H3,(H,27,29). The predicted octanol–water partition coefficient (Wildman–Crippen LogP) is 4.29. The number of rotatable bonds is 9. The number of nitrogens with zero attached hydrogens (tertiary/aromatic N) is 1. The molecule has 0 aliphatic heterocycles. The van der Waals surface area contributed by atoms with E-state index in [9.17, 15) is 22.8 Å². The molecular formula is C22H25F3N2O4. The second kappa shape index (κ2) is 10.3. The van der Waals surface area contributed by atoms with Crippen LogP contribution in [0.4, 0.5) is 13.2 Å². The van der Waals surface area contributed by atoms with Crippen LogP contribution in [-0.2, 0) is 11.2 Å². The van der Waals surface area contributed by atoms with Crippen molar-refractivity contribution in [3.63, 3.8) is 0 Å². The molecule has 2 rings (SSSR count). The van der Waals surface area contributed by atoms with Crippen molar-refractivity contribution >= 4 is 11.7 Å². The van der Waals surface area contributed by atoms with Crippen LogP contribution >= 0.6 is 0 Å². The summed E-state index contributed by atoms with van der Waals surface area (Å²) in [5, 5.41) is 2.81. The summed E-state index contributed by atoms with van der Waals surface area (Å²) in [5.74, 6) is -0.477. The Balaban J connectivity index is 2.11. The summed E-state index contributed by atoms with van der Waals surface area (Å²) in [6, 6.07) is 6.93. The average Bonchev–Trinajstić information content (AvgIpc) is 2.71. The smallest absolute Gasteiger partial charge is 0.422 e. The highest BCUT2D eigenvalue weighted by Gasteiger charge is 2.28. The maximum Gasteiger partial charge on any atom is 0.422 e. The number of ketones is 1. The second-order valence-electron chi connectivity index (χ2n) is 7.34. The Kier molecular flexibility index (Phi) is 8.01. The number of benzene rings is 1. The highest BCUT2D eigenvalue weighted by atomic mass is 19.4. The van der Waals surface area contributed by atoms with E-state index in [-0.39, 0.29) is 35.2 Å². The number of methoxy groups -OCH3 is 1. The van der Waals surface area contributed by atoms with Gasteiger partial charge in [0.05, 0.1) is 18.7 Å². The number of amides is 1. The van der Waals surface area contributed by atoms with Crippen LogP contribution in [-0.4, -0.2) is 36.6 Å². The van der Waals surface area contributed by atoms with Crippen LogP contribution in [0.5, 0.6) is 11.5 Å². The maximum absolute atomic E-state index is 12.7. The van der Waals surface area contributed by atoms with Gasteiger partial charge < -0.3 is 14.8 Å². The van der Waals surface area contributed by atoms with Crippen molar-refractivity contribution in [2.45, 2.75) is 39.4 Å². The van der Waals surface area contributed by atoms with Crippen molar-refractivity contribution in [2.75, 3.05) is 13.7 Å². The second-order valence-corrected chi connectivity index (χ2v) is 7.34. The van der Waals surface area contributed by atoms with Crippen molar-refractivity contribution < 1.29 is 32.2 Å². The monoisotopic (exact) mass is 438 g/mol. The lowest BCUT2D eigenvalue weighted by Gasteiger charge is -2.17. The molecule has 1 N–H and O–H groups in total. The maximum atomic E-state index is 12.7. The van der Waals surface area contributed by atoms with Gasteiger partial charge in [0.1, 0.15) is 17.3 Å². The van der Waals surface area contributed by atoms with Crippen LogP contribution in [0, 0.1) is 5.92 Å². The lowest BCUT2D eigenvalue weighted by molar-refractivity contribution is -0.153. The van der Waals surface area contributed by atoms with Gasteiger partial charge in [-0.15, -0.1) is 0 Å². The number of nitrogens with one attached hydrogen (secondary N) is 1. The number of hydrogen-bond acceptors (Lipinski definition) is 5. The van der Waals surface area contributed by atoms with Gasteiger partial charge in [0.2, 0.25) is 0 Å². The van der Waals surface area contributed by atoms with E-state index in [0.29, 0.717) is 5.69 Å². The largest absolute Gasteiger partial charge is 0.496 e. The van der Waals surface area contributed by atoms with E-state index < -0.39 is 24.7 Å². The SMILES string of the molecule is COc1cc(OCC(F)(F)F)ccc1C(=O)NC(C)c1ccnc(CC(=O)C(C)C)c1. The fraction of sp³-hybridized carbons (Fsp3) is 0.409. The summed E-state index contributed by atoms with van der Waals surface area (Å²) in [6.45, 7) is 3.97. The molecular weight excluding hydrogens is 413 g/mol. The van der Waals surface area contributed by atoms with Gasteiger partial charge >= 0.3 is 6.18 Å².